The van der Waals surface area contributed by atoms with Crippen LogP contribution in [-0.2, 0) is 6.54 Å². The number of nitrogens with one attached hydrogen (secondary N) is 1. The number of hydrogen-bond donors (Lipinski definition) is 1. The van der Waals surface area contributed by atoms with Crippen LogP contribution < -0.4 is 5.32 Å². The lowest BCUT2D eigenvalue weighted by atomic mass is 10.1. The molecule has 0 aliphatic carbocycles. The molecule has 2 saturated heterocycles. The van der Waals surface area contributed by atoms with Gasteiger partial charge in [0.1, 0.15) is 0 Å². The standard InChI is InChI=1S/C17H22N4.ClH/c1-2-4-17(5-3-1)21-11-9-16(19-21)13-20-10-8-14-6-7-15(12-20)18-14;/h1-5,9,11,14-15,18H,6-8,10,12-13H2;1H. The van der Waals surface area contributed by atoms with E-state index in [1.165, 1.54) is 25.8 Å². The van der Waals surface area contributed by atoms with Gasteiger partial charge in [0.2, 0.25) is 0 Å². The molecule has 0 saturated carbocycles. The average Bonchev–Trinajstić information content (AvgIpc) is 3.09. The van der Waals surface area contributed by atoms with Gasteiger partial charge in [0.05, 0.1) is 11.4 Å². The summed E-state index contributed by atoms with van der Waals surface area (Å²) in [4.78, 5) is 2.55. The molecule has 2 bridgehead atoms. The monoisotopic (exact) mass is 318 g/mol. The molecule has 4 rings (SSSR count). The average molecular weight is 319 g/mol. The molecule has 2 aromatic rings. The van der Waals surface area contributed by atoms with E-state index in [1.54, 1.807) is 0 Å². The van der Waals surface area contributed by atoms with Gasteiger partial charge in [-0.1, -0.05) is 18.2 Å². The number of benzene rings is 1. The molecule has 22 heavy (non-hydrogen) atoms. The molecule has 1 aromatic carbocycles. The van der Waals surface area contributed by atoms with Crippen LogP contribution in [0.15, 0.2) is 42.6 Å². The van der Waals surface area contributed by atoms with Crippen LogP contribution >= 0.6 is 12.4 Å². The summed E-state index contributed by atoms with van der Waals surface area (Å²) >= 11 is 0. The minimum absolute atomic E-state index is 0. The van der Waals surface area contributed by atoms with Gasteiger partial charge in [0.15, 0.2) is 0 Å². The first-order valence-electron chi connectivity index (χ1n) is 7.95. The van der Waals surface area contributed by atoms with Gasteiger partial charge in [-0.3, -0.25) is 4.90 Å². The molecule has 0 spiro atoms. The Morgan fingerprint density at radius 1 is 1.05 bits per heavy atom. The van der Waals surface area contributed by atoms with Gasteiger partial charge in [0.25, 0.3) is 0 Å². The Balaban J connectivity index is 0.00000144. The van der Waals surface area contributed by atoms with E-state index in [0.29, 0.717) is 6.04 Å². The molecule has 3 heterocycles. The Kier molecular flexibility index (Phi) is 4.81. The molecule has 1 aromatic heterocycles. The summed E-state index contributed by atoms with van der Waals surface area (Å²) in [5, 5.41) is 8.45. The summed E-state index contributed by atoms with van der Waals surface area (Å²) in [6.45, 7) is 3.31. The maximum atomic E-state index is 4.72. The summed E-state index contributed by atoms with van der Waals surface area (Å²) in [6, 6.07) is 13.9. The van der Waals surface area contributed by atoms with Crippen molar-refractivity contribution < 1.29 is 0 Å². The summed E-state index contributed by atoms with van der Waals surface area (Å²) in [7, 11) is 0. The van der Waals surface area contributed by atoms with E-state index in [4.69, 9.17) is 5.10 Å². The van der Waals surface area contributed by atoms with E-state index in [1.807, 2.05) is 22.9 Å². The fourth-order valence-corrected chi connectivity index (χ4v) is 3.56. The third-order valence-corrected chi connectivity index (χ3v) is 4.66. The van der Waals surface area contributed by atoms with E-state index in [-0.39, 0.29) is 12.4 Å². The maximum absolute atomic E-state index is 4.72. The first kappa shape index (κ1) is 15.5. The molecule has 2 unspecified atom stereocenters. The Morgan fingerprint density at radius 3 is 2.73 bits per heavy atom. The van der Waals surface area contributed by atoms with Gasteiger partial charge in [0, 0.05) is 37.9 Å². The molecule has 0 amide bonds. The number of nitrogens with zero attached hydrogens (tertiary/aromatic N) is 3. The number of hydrogen-bond acceptors (Lipinski definition) is 3. The van der Waals surface area contributed by atoms with E-state index < -0.39 is 0 Å². The molecular weight excluding hydrogens is 296 g/mol. The highest BCUT2D eigenvalue weighted by Gasteiger charge is 2.29. The maximum Gasteiger partial charge on any atom is 0.0769 e. The summed E-state index contributed by atoms with van der Waals surface area (Å²) in [6.07, 6.45) is 6.03. The zero-order chi connectivity index (χ0) is 14.1. The van der Waals surface area contributed by atoms with Gasteiger partial charge in [-0.25, -0.2) is 4.68 Å². The topological polar surface area (TPSA) is 33.1 Å². The van der Waals surface area contributed by atoms with Crippen LogP contribution in [0.3, 0.4) is 0 Å². The number of likely N-dealkylation sites (tertiary alicyclic amines) is 1. The SMILES string of the molecule is Cl.c1ccc(-n2ccc(CN3CCC4CCC(C3)N4)n2)cc1. The van der Waals surface area contributed by atoms with Crippen LogP contribution in [-0.4, -0.2) is 39.9 Å². The van der Waals surface area contributed by atoms with Gasteiger partial charge in [-0.2, -0.15) is 5.10 Å². The van der Waals surface area contributed by atoms with Crippen molar-refractivity contribution in [2.75, 3.05) is 13.1 Å². The van der Waals surface area contributed by atoms with Crippen molar-refractivity contribution in [3.8, 4) is 5.69 Å². The Hall–Kier alpha value is -1.36. The van der Waals surface area contributed by atoms with Crippen LogP contribution in [0.25, 0.3) is 5.69 Å². The van der Waals surface area contributed by atoms with Crippen LogP contribution in [0.5, 0.6) is 0 Å². The van der Waals surface area contributed by atoms with Gasteiger partial charge in [-0.05, 0) is 37.5 Å². The lowest BCUT2D eigenvalue weighted by Gasteiger charge is -2.22. The molecule has 0 radical (unpaired) electrons. The number of rotatable bonds is 3. The highest BCUT2D eigenvalue weighted by molar-refractivity contribution is 5.85. The van der Waals surface area contributed by atoms with Crippen molar-refractivity contribution in [1.29, 1.82) is 0 Å². The number of fused-ring (bicyclic) bond motifs is 2. The van der Waals surface area contributed by atoms with Crippen molar-refractivity contribution in [2.45, 2.75) is 37.9 Å². The van der Waals surface area contributed by atoms with Crippen LogP contribution in [0.2, 0.25) is 0 Å². The first-order chi connectivity index (χ1) is 10.4. The van der Waals surface area contributed by atoms with Crippen molar-refractivity contribution >= 4 is 12.4 Å². The first-order valence-corrected chi connectivity index (χ1v) is 7.95. The van der Waals surface area contributed by atoms with Crippen molar-refractivity contribution in [2.24, 2.45) is 0 Å². The third kappa shape index (κ3) is 3.35. The van der Waals surface area contributed by atoms with Crippen LogP contribution in [0.1, 0.15) is 25.0 Å². The molecular formula is C17H23ClN4. The largest absolute Gasteiger partial charge is 0.310 e. The molecule has 4 nitrogen and oxygen atoms in total. The minimum atomic E-state index is 0. The predicted molar refractivity (Wildman–Crippen MR) is 90.7 cm³/mol. The zero-order valence-electron chi connectivity index (χ0n) is 12.7. The Morgan fingerprint density at radius 2 is 1.86 bits per heavy atom. The fraction of sp³-hybridized carbons (Fsp3) is 0.471. The second-order valence-corrected chi connectivity index (χ2v) is 6.25. The fourth-order valence-electron chi connectivity index (χ4n) is 3.56. The molecule has 2 fully saturated rings. The Bertz CT molecular complexity index is 598. The smallest absolute Gasteiger partial charge is 0.0769 e. The third-order valence-electron chi connectivity index (χ3n) is 4.66. The normalized spacial score (nSPS) is 24.7. The zero-order valence-corrected chi connectivity index (χ0v) is 13.5. The predicted octanol–water partition coefficient (Wildman–Crippen LogP) is 2.62. The van der Waals surface area contributed by atoms with Gasteiger partial charge < -0.3 is 5.32 Å². The van der Waals surface area contributed by atoms with E-state index in [2.05, 4.69) is 34.6 Å². The number of aromatic nitrogens is 2. The number of para-hydroxylation sites is 1. The van der Waals surface area contributed by atoms with Crippen molar-refractivity contribution in [1.82, 2.24) is 20.0 Å². The lowest BCUT2D eigenvalue weighted by molar-refractivity contribution is 0.248. The highest BCUT2D eigenvalue weighted by atomic mass is 35.5. The molecule has 1 N–H and O–H groups in total. The number of halogens is 1. The van der Waals surface area contributed by atoms with E-state index in [9.17, 15) is 0 Å². The Labute approximate surface area is 137 Å². The molecule has 2 aliphatic heterocycles. The molecule has 118 valence electrons. The van der Waals surface area contributed by atoms with Crippen molar-refractivity contribution in [3.05, 3.63) is 48.3 Å². The highest BCUT2D eigenvalue weighted by Crippen LogP contribution is 2.21. The van der Waals surface area contributed by atoms with Gasteiger partial charge >= 0.3 is 0 Å². The van der Waals surface area contributed by atoms with Crippen LogP contribution in [0.4, 0.5) is 0 Å². The lowest BCUT2D eigenvalue weighted by Crippen LogP contribution is -2.35. The summed E-state index contributed by atoms with van der Waals surface area (Å²) in [5.74, 6) is 0. The molecule has 2 atom stereocenters. The summed E-state index contributed by atoms with van der Waals surface area (Å²) in [5.41, 5.74) is 2.29. The molecule has 5 heteroatoms. The minimum Gasteiger partial charge on any atom is -0.310 e. The van der Waals surface area contributed by atoms with Gasteiger partial charge in [-0.15, -0.1) is 12.4 Å². The quantitative estimate of drug-likeness (QED) is 0.944. The summed E-state index contributed by atoms with van der Waals surface area (Å²) < 4.78 is 1.97. The second-order valence-electron chi connectivity index (χ2n) is 6.25. The van der Waals surface area contributed by atoms with Crippen LogP contribution in [0, 0.1) is 0 Å². The van der Waals surface area contributed by atoms with Crippen molar-refractivity contribution in [3.63, 3.8) is 0 Å². The molecule has 2 aliphatic rings. The second kappa shape index (κ2) is 6.82. The van der Waals surface area contributed by atoms with E-state index >= 15 is 0 Å². The van der Waals surface area contributed by atoms with E-state index in [0.717, 1.165) is 30.5 Å².